The topological polar surface area (TPSA) is 21.1 Å². The number of aromatic nitrogens is 2. The molecular formula is C8H9N3S2. The van der Waals surface area contributed by atoms with Gasteiger partial charge in [-0.25, -0.2) is 4.98 Å². The van der Waals surface area contributed by atoms with Gasteiger partial charge in [0.05, 0.1) is 15.7 Å². The molecule has 0 unspecified atom stereocenters. The van der Waals surface area contributed by atoms with Crippen molar-refractivity contribution in [3.63, 3.8) is 0 Å². The Morgan fingerprint density at radius 1 is 1.54 bits per heavy atom. The Balaban J connectivity index is 2.81. The van der Waals surface area contributed by atoms with Crippen LogP contribution in [-0.4, -0.2) is 23.8 Å². The summed E-state index contributed by atoms with van der Waals surface area (Å²) in [6.45, 7) is 0. The van der Waals surface area contributed by atoms with E-state index in [1.165, 1.54) is 0 Å². The fraction of sp³-hybridized carbons (Fsp3) is 0.250. The molecule has 3 nitrogen and oxygen atoms in total. The molecule has 2 heterocycles. The van der Waals surface area contributed by atoms with Crippen molar-refractivity contribution in [2.45, 2.75) is 0 Å². The van der Waals surface area contributed by atoms with Crippen molar-refractivity contribution >= 4 is 33.8 Å². The lowest BCUT2D eigenvalue weighted by atomic mass is 10.4. The molecule has 0 fully saturated rings. The van der Waals surface area contributed by atoms with Gasteiger partial charge in [-0.15, -0.1) is 11.3 Å². The van der Waals surface area contributed by atoms with Crippen molar-refractivity contribution in [1.82, 2.24) is 9.66 Å². The second kappa shape index (κ2) is 3.08. The number of nitrogens with zero attached hydrogens (tertiary/aromatic N) is 3. The van der Waals surface area contributed by atoms with Crippen LogP contribution >= 0.6 is 23.6 Å². The van der Waals surface area contributed by atoms with Gasteiger partial charge in [0, 0.05) is 20.3 Å². The maximum atomic E-state index is 5.32. The molecule has 13 heavy (non-hydrogen) atoms. The van der Waals surface area contributed by atoms with Crippen LogP contribution in [0.5, 0.6) is 0 Å². The number of fused-ring (bicyclic) bond motifs is 1. The zero-order valence-corrected chi connectivity index (χ0v) is 9.02. The smallest absolute Gasteiger partial charge is 0.144 e. The van der Waals surface area contributed by atoms with Gasteiger partial charge < -0.3 is 5.01 Å². The molecular weight excluding hydrogens is 202 g/mol. The first-order valence-corrected chi connectivity index (χ1v) is 5.11. The molecule has 5 heteroatoms. The normalized spacial score (nSPS) is 10.6. The maximum Gasteiger partial charge on any atom is 0.144 e. The number of hydrogen-bond donors (Lipinski definition) is 0. The molecule has 0 radical (unpaired) electrons. The van der Waals surface area contributed by atoms with E-state index in [4.69, 9.17) is 12.2 Å². The Kier molecular flexibility index (Phi) is 2.05. The third-order valence-corrected chi connectivity index (χ3v) is 3.17. The molecule has 68 valence electrons. The highest BCUT2D eigenvalue weighted by Gasteiger charge is 2.01. The minimum absolute atomic E-state index is 0.824. The van der Waals surface area contributed by atoms with Gasteiger partial charge in [-0.1, -0.05) is 12.2 Å². The summed E-state index contributed by atoms with van der Waals surface area (Å²) in [7, 11) is 3.92. The lowest BCUT2D eigenvalue weighted by Gasteiger charge is -2.16. The van der Waals surface area contributed by atoms with Crippen LogP contribution in [0.3, 0.4) is 0 Å². The van der Waals surface area contributed by atoms with Crippen LogP contribution in [0.15, 0.2) is 17.8 Å². The zero-order chi connectivity index (χ0) is 9.42. The summed E-state index contributed by atoms with van der Waals surface area (Å²) >= 11 is 6.90. The first-order valence-electron chi connectivity index (χ1n) is 3.82. The fourth-order valence-electron chi connectivity index (χ4n) is 1.16. The quantitative estimate of drug-likeness (QED) is 0.673. The number of pyridine rings is 1. The molecule has 0 aliphatic carbocycles. The van der Waals surface area contributed by atoms with Gasteiger partial charge in [0.1, 0.15) is 4.64 Å². The number of hydrogen-bond acceptors (Lipinski definition) is 4. The highest BCUT2D eigenvalue weighted by molar-refractivity contribution is 7.71. The van der Waals surface area contributed by atoms with Crippen LogP contribution in [0.25, 0.3) is 10.2 Å². The second-order valence-electron chi connectivity index (χ2n) is 2.88. The molecule has 0 saturated heterocycles. The standard InChI is InChI=1S/C8H9N3S2/c1-10(2)11-4-3-6-7(8(11)12)13-5-9-6/h3-5H,1-2H3. The molecule has 2 rings (SSSR count). The third-order valence-electron chi connectivity index (χ3n) is 1.80. The van der Waals surface area contributed by atoms with Crippen LogP contribution in [0.4, 0.5) is 0 Å². The van der Waals surface area contributed by atoms with E-state index in [0.717, 1.165) is 14.9 Å². The van der Waals surface area contributed by atoms with Gasteiger partial charge in [-0.2, -0.15) is 0 Å². The summed E-state index contributed by atoms with van der Waals surface area (Å²) in [5, 5.41) is 1.95. The van der Waals surface area contributed by atoms with E-state index in [1.807, 2.05) is 41.6 Å². The lowest BCUT2D eigenvalue weighted by Crippen LogP contribution is -2.25. The Morgan fingerprint density at radius 2 is 2.31 bits per heavy atom. The molecule has 0 bridgehead atoms. The molecule has 2 aromatic rings. The lowest BCUT2D eigenvalue weighted by molar-refractivity contribution is 0.721. The van der Waals surface area contributed by atoms with Crippen molar-refractivity contribution in [2.24, 2.45) is 0 Å². The third kappa shape index (κ3) is 1.34. The summed E-state index contributed by atoms with van der Waals surface area (Å²) in [6, 6.07) is 1.97. The number of thiazole rings is 1. The average molecular weight is 211 g/mol. The van der Waals surface area contributed by atoms with Gasteiger partial charge in [0.2, 0.25) is 0 Å². The Morgan fingerprint density at radius 3 is 3.00 bits per heavy atom. The van der Waals surface area contributed by atoms with Crippen LogP contribution < -0.4 is 5.01 Å². The molecule has 2 aromatic heterocycles. The highest BCUT2D eigenvalue weighted by Crippen LogP contribution is 2.18. The SMILES string of the molecule is CN(C)n1ccc2ncsc2c1=S. The van der Waals surface area contributed by atoms with E-state index in [-0.39, 0.29) is 0 Å². The fourth-order valence-corrected chi connectivity index (χ4v) is 2.34. The first-order chi connectivity index (χ1) is 6.20. The summed E-state index contributed by atoms with van der Waals surface area (Å²) in [5.41, 5.74) is 2.80. The van der Waals surface area contributed by atoms with E-state index < -0.39 is 0 Å². The van der Waals surface area contributed by atoms with Crippen molar-refractivity contribution < 1.29 is 0 Å². The van der Waals surface area contributed by atoms with Crippen molar-refractivity contribution in [1.29, 1.82) is 0 Å². The van der Waals surface area contributed by atoms with Crippen LogP contribution in [0, 0.1) is 4.64 Å². The van der Waals surface area contributed by atoms with Gasteiger partial charge in [0.25, 0.3) is 0 Å². The van der Waals surface area contributed by atoms with E-state index in [1.54, 1.807) is 11.3 Å². The van der Waals surface area contributed by atoms with Gasteiger partial charge in [-0.3, -0.25) is 4.68 Å². The predicted molar refractivity (Wildman–Crippen MR) is 58.5 cm³/mol. The summed E-state index contributed by atoms with van der Waals surface area (Å²) < 4.78 is 3.83. The Hall–Kier alpha value is -0.940. The van der Waals surface area contributed by atoms with Crippen molar-refractivity contribution in [3.05, 3.63) is 22.4 Å². The summed E-state index contributed by atoms with van der Waals surface area (Å²) in [5.74, 6) is 0. The molecule has 0 aliphatic heterocycles. The van der Waals surface area contributed by atoms with Crippen LogP contribution in [0.2, 0.25) is 0 Å². The largest absolute Gasteiger partial charge is 0.318 e. The molecule has 0 atom stereocenters. The van der Waals surface area contributed by atoms with E-state index in [0.29, 0.717) is 0 Å². The maximum absolute atomic E-state index is 5.32. The molecule has 0 saturated carbocycles. The Bertz CT molecular complexity index is 483. The zero-order valence-electron chi connectivity index (χ0n) is 7.39. The summed E-state index contributed by atoms with van der Waals surface area (Å²) in [6.07, 6.45) is 1.93. The van der Waals surface area contributed by atoms with Crippen LogP contribution in [-0.2, 0) is 0 Å². The average Bonchev–Trinajstić information content (AvgIpc) is 2.52. The molecule has 0 amide bonds. The highest BCUT2D eigenvalue weighted by atomic mass is 32.1. The minimum Gasteiger partial charge on any atom is -0.318 e. The van der Waals surface area contributed by atoms with E-state index in [9.17, 15) is 0 Å². The molecule has 0 aromatic carbocycles. The molecule has 0 aliphatic rings. The summed E-state index contributed by atoms with van der Waals surface area (Å²) in [4.78, 5) is 4.20. The second-order valence-corrected chi connectivity index (χ2v) is 4.12. The minimum atomic E-state index is 0.824. The van der Waals surface area contributed by atoms with E-state index >= 15 is 0 Å². The van der Waals surface area contributed by atoms with Crippen molar-refractivity contribution in [3.8, 4) is 0 Å². The predicted octanol–water partition coefficient (Wildman–Crippen LogP) is 2.02. The van der Waals surface area contributed by atoms with Crippen LogP contribution in [0.1, 0.15) is 0 Å². The molecule has 0 N–H and O–H groups in total. The first kappa shape index (κ1) is 8.65. The van der Waals surface area contributed by atoms with Gasteiger partial charge >= 0.3 is 0 Å². The van der Waals surface area contributed by atoms with Gasteiger partial charge in [-0.05, 0) is 6.07 Å². The Labute approximate surface area is 85.2 Å². The molecule has 0 spiro atoms. The van der Waals surface area contributed by atoms with Crippen molar-refractivity contribution in [2.75, 3.05) is 19.1 Å². The van der Waals surface area contributed by atoms with E-state index in [2.05, 4.69) is 4.98 Å². The monoisotopic (exact) mass is 211 g/mol. The number of rotatable bonds is 1. The van der Waals surface area contributed by atoms with Gasteiger partial charge in [0.15, 0.2) is 0 Å².